The van der Waals surface area contributed by atoms with Gasteiger partial charge < -0.3 is 15.2 Å². The monoisotopic (exact) mass is 229 g/mol. The molecule has 2 atom stereocenters. The molecule has 0 radical (unpaired) electrons. The normalized spacial score (nSPS) is 25.9. The van der Waals surface area contributed by atoms with Gasteiger partial charge in [-0.3, -0.25) is 0 Å². The Labute approximate surface area is 99.6 Å². The first-order valence-electron chi connectivity index (χ1n) is 6.80. The number of hydrogen-bond donors (Lipinski definition) is 2. The lowest BCUT2D eigenvalue weighted by Crippen LogP contribution is -2.39. The van der Waals surface area contributed by atoms with Gasteiger partial charge >= 0.3 is 0 Å². The van der Waals surface area contributed by atoms with Gasteiger partial charge in [0.1, 0.15) is 0 Å². The van der Waals surface area contributed by atoms with E-state index in [-0.39, 0.29) is 6.61 Å². The Morgan fingerprint density at radius 2 is 2.06 bits per heavy atom. The molecule has 96 valence electrons. The highest BCUT2D eigenvalue weighted by molar-refractivity contribution is 4.79. The minimum Gasteiger partial charge on any atom is -0.394 e. The summed E-state index contributed by atoms with van der Waals surface area (Å²) in [5.74, 6) is 0.882. The van der Waals surface area contributed by atoms with E-state index in [1.165, 1.54) is 32.1 Å². The molecular weight excluding hydrogens is 202 g/mol. The first-order chi connectivity index (χ1) is 7.88. The quantitative estimate of drug-likeness (QED) is 0.625. The SMILES string of the molecule is CCC1CCCCC1NCCCOCCO. The van der Waals surface area contributed by atoms with Crippen molar-refractivity contribution in [3.63, 3.8) is 0 Å². The molecule has 0 bridgehead atoms. The van der Waals surface area contributed by atoms with E-state index in [2.05, 4.69) is 12.2 Å². The van der Waals surface area contributed by atoms with Gasteiger partial charge in [0, 0.05) is 12.6 Å². The van der Waals surface area contributed by atoms with Crippen molar-refractivity contribution in [1.82, 2.24) is 5.32 Å². The lowest BCUT2D eigenvalue weighted by molar-refractivity contribution is 0.0896. The van der Waals surface area contributed by atoms with Gasteiger partial charge in [0.15, 0.2) is 0 Å². The topological polar surface area (TPSA) is 41.5 Å². The maximum atomic E-state index is 8.55. The molecule has 1 aliphatic carbocycles. The highest BCUT2D eigenvalue weighted by atomic mass is 16.5. The molecule has 1 rings (SSSR count). The third-order valence-electron chi connectivity index (χ3n) is 3.54. The number of nitrogens with one attached hydrogen (secondary N) is 1. The lowest BCUT2D eigenvalue weighted by atomic mass is 9.83. The van der Waals surface area contributed by atoms with E-state index in [1.54, 1.807) is 0 Å². The maximum Gasteiger partial charge on any atom is 0.0697 e. The Kier molecular flexibility index (Phi) is 7.81. The van der Waals surface area contributed by atoms with Crippen LogP contribution in [0.2, 0.25) is 0 Å². The van der Waals surface area contributed by atoms with Crippen LogP contribution in [0.3, 0.4) is 0 Å². The van der Waals surface area contributed by atoms with E-state index in [4.69, 9.17) is 9.84 Å². The highest BCUT2D eigenvalue weighted by Gasteiger charge is 2.22. The Morgan fingerprint density at radius 1 is 1.25 bits per heavy atom. The molecule has 0 aromatic heterocycles. The number of ether oxygens (including phenoxy) is 1. The zero-order valence-corrected chi connectivity index (χ0v) is 10.6. The van der Waals surface area contributed by atoms with E-state index < -0.39 is 0 Å². The molecule has 16 heavy (non-hydrogen) atoms. The summed E-state index contributed by atoms with van der Waals surface area (Å²) in [4.78, 5) is 0. The van der Waals surface area contributed by atoms with Crippen LogP contribution in [-0.4, -0.2) is 37.5 Å². The Hall–Kier alpha value is -0.120. The molecule has 0 aromatic carbocycles. The van der Waals surface area contributed by atoms with Crippen LogP contribution < -0.4 is 5.32 Å². The molecule has 0 saturated heterocycles. The van der Waals surface area contributed by atoms with E-state index in [0.29, 0.717) is 6.61 Å². The summed E-state index contributed by atoms with van der Waals surface area (Å²) in [5.41, 5.74) is 0. The second-order valence-corrected chi connectivity index (χ2v) is 4.70. The van der Waals surface area contributed by atoms with Gasteiger partial charge in [-0.25, -0.2) is 0 Å². The summed E-state index contributed by atoms with van der Waals surface area (Å²) in [5, 5.41) is 12.2. The zero-order valence-electron chi connectivity index (χ0n) is 10.6. The molecule has 1 aliphatic rings. The fraction of sp³-hybridized carbons (Fsp3) is 1.00. The maximum absolute atomic E-state index is 8.55. The average molecular weight is 229 g/mol. The van der Waals surface area contributed by atoms with Crippen molar-refractivity contribution in [1.29, 1.82) is 0 Å². The number of aliphatic hydroxyl groups excluding tert-OH is 1. The van der Waals surface area contributed by atoms with Crippen molar-refractivity contribution in [2.45, 2.75) is 51.5 Å². The molecule has 0 aromatic rings. The standard InChI is InChI=1S/C13H27NO2/c1-2-12-6-3-4-7-13(12)14-8-5-10-16-11-9-15/h12-15H,2-11H2,1H3. The van der Waals surface area contributed by atoms with Gasteiger partial charge in [-0.2, -0.15) is 0 Å². The van der Waals surface area contributed by atoms with Crippen molar-refractivity contribution < 1.29 is 9.84 Å². The molecule has 3 nitrogen and oxygen atoms in total. The second kappa shape index (κ2) is 8.97. The number of aliphatic hydroxyl groups is 1. The van der Waals surface area contributed by atoms with Crippen molar-refractivity contribution in [2.24, 2.45) is 5.92 Å². The van der Waals surface area contributed by atoms with E-state index >= 15 is 0 Å². The first kappa shape index (κ1) is 13.9. The van der Waals surface area contributed by atoms with Gasteiger partial charge in [0.05, 0.1) is 13.2 Å². The molecule has 2 unspecified atom stereocenters. The molecule has 0 amide bonds. The van der Waals surface area contributed by atoms with Gasteiger partial charge in [-0.1, -0.05) is 26.2 Å². The molecular formula is C13H27NO2. The third kappa shape index (κ3) is 5.28. The summed E-state index contributed by atoms with van der Waals surface area (Å²) >= 11 is 0. The molecule has 0 heterocycles. The first-order valence-corrected chi connectivity index (χ1v) is 6.80. The summed E-state index contributed by atoms with van der Waals surface area (Å²) < 4.78 is 5.24. The van der Waals surface area contributed by atoms with Crippen molar-refractivity contribution >= 4 is 0 Å². The second-order valence-electron chi connectivity index (χ2n) is 4.70. The van der Waals surface area contributed by atoms with Gasteiger partial charge in [-0.15, -0.1) is 0 Å². The highest BCUT2D eigenvalue weighted by Crippen LogP contribution is 2.26. The Morgan fingerprint density at radius 3 is 2.81 bits per heavy atom. The van der Waals surface area contributed by atoms with Crippen LogP contribution in [0.5, 0.6) is 0 Å². The summed E-state index contributed by atoms with van der Waals surface area (Å²) in [6.07, 6.45) is 7.89. The van der Waals surface area contributed by atoms with Crippen molar-refractivity contribution in [3.05, 3.63) is 0 Å². The molecule has 1 fully saturated rings. The largest absolute Gasteiger partial charge is 0.394 e. The van der Waals surface area contributed by atoms with E-state index in [0.717, 1.165) is 31.5 Å². The fourth-order valence-corrected chi connectivity index (χ4v) is 2.59. The van der Waals surface area contributed by atoms with Gasteiger partial charge in [-0.05, 0) is 31.7 Å². The number of hydrogen-bond acceptors (Lipinski definition) is 3. The lowest BCUT2D eigenvalue weighted by Gasteiger charge is -2.31. The van der Waals surface area contributed by atoms with Crippen LogP contribution in [0.15, 0.2) is 0 Å². The minimum absolute atomic E-state index is 0.133. The van der Waals surface area contributed by atoms with E-state index in [9.17, 15) is 0 Å². The predicted octanol–water partition coefficient (Wildman–Crippen LogP) is 1.94. The Bertz CT molecular complexity index is 164. The van der Waals surface area contributed by atoms with Crippen LogP contribution in [-0.2, 0) is 4.74 Å². The Balaban J connectivity index is 2.02. The zero-order chi connectivity index (χ0) is 11.6. The molecule has 2 N–H and O–H groups in total. The van der Waals surface area contributed by atoms with Crippen LogP contribution in [0.1, 0.15) is 45.4 Å². The fourth-order valence-electron chi connectivity index (χ4n) is 2.59. The van der Waals surface area contributed by atoms with Gasteiger partial charge in [0.25, 0.3) is 0 Å². The molecule has 1 saturated carbocycles. The smallest absolute Gasteiger partial charge is 0.0697 e. The van der Waals surface area contributed by atoms with Crippen molar-refractivity contribution in [3.8, 4) is 0 Å². The van der Waals surface area contributed by atoms with E-state index in [1.807, 2.05) is 0 Å². The summed E-state index contributed by atoms with van der Waals surface area (Å²) in [6.45, 7) is 4.72. The minimum atomic E-state index is 0.133. The number of rotatable bonds is 8. The molecule has 0 spiro atoms. The summed E-state index contributed by atoms with van der Waals surface area (Å²) in [6, 6.07) is 0.733. The van der Waals surface area contributed by atoms with Crippen molar-refractivity contribution in [2.75, 3.05) is 26.4 Å². The molecule has 0 aliphatic heterocycles. The predicted molar refractivity (Wildman–Crippen MR) is 66.6 cm³/mol. The average Bonchev–Trinajstić information content (AvgIpc) is 2.34. The van der Waals surface area contributed by atoms with Gasteiger partial charge in [0.2, 0.25) is 0 Å². The molecule has 3 heteroatoms. The van der Waals surface area contributed by atoms with Crippen LogP contribution in [0, 0.1) is 5.92 Å². The van der Waals surface area contributed by atoms with Crippen LogP contribution >= 0.6 is 0 Å². The third-order valence-corrected chi connectivity index (χ3v) is 3.54. The van der Waals surface area contributed by atoms with Crippen LogP contribution in [0.4, 0.5) is 0 Å². The summed E-state index contributed by atoms with van der Waals surface area (Å²) in [7, 11) is 0. The van der Waals surface area contributed by atoms with Crippen LogP contribution in [0.25, 0.3) is 0 Å².